The Morgan fingerprint density at radius 3 is 2.73 bits per heavy atom. The van der Waals surface area contributed by atoms with E-state index in [4.69, 9.17) is 4.98 Å². The predicted molar refractivity (Wildman–Crippen MR) is 138 cm³/mol. The second-order valence-corrected chi connectivity index (χ2v) is 8.54. The van der Waals surface area contributed by atoms with E-state index in [1.165, 1.54) is 12.1 Å². The Kier molecular flexibility index (Phi) is 5.33. The third-order valence-electron chi connectivity index (χ3n) is 6.02. The number of benzene rings is 2. The van der Waals surface area contributed by atoms with Crippen LogP contribution in [0.3, 0.4) is 0 Å². The number of phenolic OH excluding ortho intramolecular Hbond substituents is 1. The molecule has 10 heteroatoms. The quantitative estimate of drug-likeness (QED) is 0.253. The SMILES string of the molecule is CCC(=O)Nc1cncc(-c2ccc3[nH]nc(-c4nc5c(-c6cc(O)cc(F)c6)nccc5[nH]4)c3c2)c1. The van der Waals surface area contributed by atoms with Crippen molar-refractivity contribution in [2.75, 3.05) is 5.32 Å². The molecule has 6 rings (SSSR count). The second-order valence-electron chi connectivity index (χ2n) is 8.54. The first-order chi connectivity index (χ1) is 18.0. The van der Waals surface area contributed by atoms with E-state index in [1.807, 2.05) is 24.3 Å². The van der Waals surface area contributed by atoms with Crippen LogP contribution in [0.4, 0.5) is 10.1 Å². The van der Waals surface area contributed by atoms with Crippen LogP contribution in [0.15, 0.2) is 67.1 Å². The Labute approximate surface area is 209 Å². The van der Waals surface area contributed by atoms with Gasteiger partial charge in [0.25, 0.3) is 0 Å². The van der Waals surface area contributed by atoms with Crippen molar-refractivity contribution in [3.05, 3.63) is 72.9 Å². The lowest BCUT2D eigenvalue weighted by Gasteiger charge is -2.06. The van der Waals surface area contributed by atoms with E-state index in [0.717, 1.165) is 28.1 Å². The van der Waals surface area contributed by atoms with Crippen molar-refractivity contribution < 1.29 is 14.3 Å². The van der Waals surface area contributed by atoms with E-state index in [2.05, 4.69) is 30.5 Å². The van der Waals surface area contributed by atoms with Gasteiger partial charge < -0.3 is 15.4 Å². The zero-order chi connectivity index (χ0) is 25.5. The number of imidazole rings is 1. The van der Waals surface area contributed by atoms with Crippen molar-refractivity contribution in [2.24, 2.45) is 0 Å². The number of fused-ring (bicyclic) bond motifs is 2. The fourth-order valence-electron chi connectivity index (χ4n) is 4.26. The number of nitrogens with one attached hydrogen (secondary N) is 3. The van der Waals surface area contributed by atoms with Crippen molar-refractivity contribution in [1.82, 2.24) is 30.1 Å². The number of halogens is 1. The van der Waals surface area contributed by atoms with E-state index in [0.29, 0.717) is 45.9 Å². The maximum atomic E-state index is 13.9. The molecule has 0 bridgehead atoms. The average Bonchev–Trinajstić information content (AvgIpc) is 3.51. The number of carbonyl (C=O) groups excluding carboxylic acids is 1. The molecule has 0 unspecified atom stereocenters. The van der Waals surface area contributed by atoms with Gasteiger partial charge in [0.1, 0.15) is 22.8 Å². The van der Waals surface area contributed by atoms with Gasteiger partial charge in [0.15, 0.2) is 5.82 Å². The van der Waals surface area contributed by atoms with Crippen LogP contribution in [0.2, 0.25) is 0 Å². The lowest BCUT2D eigenvalue weighted by molar-refractivity contribution is -0.115. The van der Waals surface area contributed by atoms with Crippen LogP contribution in [0, 0.1) is 5.82 Å². The number of hydrogen-bond donors (Lipinski definition) is 4. The first kappa shape index (κ1) is 22.4. The van der Waals surface area contributed by atoms with Crippen molar-refractivity contribution in [2.45, 2.75) is 13.3 Å². The highest BCUT2D eigenvalue weighted by atomic mass is 19.1. The van der Waals surface area contributed by atoms with Gasteiger partial charge in [-0.3, -0.25) is 19.9 Å². The van der Waals surface area contributed by atoms with E-state index in [-0.39, 0.29) is 11.7 Å². The predicted octanol–water partition coefficient (Wildman–Crippen LogP) is 5.42. The van der Waals surface area contributed by atoms with Crippen LogP contribution in [-0.4, -0.2) is 41.1 Å². The maximum absolute atomic E-state index is 13.9. The summed E-state index contributed by atoms with van der Waals surface area (Å²) in [5, 5.41) is 21.0. The van der Waals surface area contributed by atoms with Gasteiger partial charge in [-0.25, -0.2) is 9.37 Å². The van der Waals surface area contributed by atoms with Crippen LogP contribution in [0.1, 0.15) is 13.3 Å². The number of aromatic hydroxyl groups is 1. The Bertz CT molecular complexity index is 1790. The Balaban J connectivity index is 1.43. The summed E-state index contributed by atoms with van der Waals surface area (Å²) in [4.78, 5) is 28.5. The number of phenols is 1. The van der Waals surface area contributed by atoms with Gasteiger partial charge in [0, 0.05) is 41.4 Å². The normalized spacial score (nSPS) is 11.3. The summed E-state index contributed by atoms with van der Waals surface area (Å²) in [5.74, 6) is -0.333. The Morgan fingerprint density at radius 1 is 1.00 bits per heavy atom. The summed E-state index contributed by atoms with van der Waals surface area (Å²) < 4.78 is 13.9. The molecule has 0 atom stereocenters. The number of H-pyrrole nitrogens is 2. The molecule has 0 aliphatic heterocycles. The van der Waals surface area contributed by atoms with Crippen LogP contribution in [-0.2, 0) is 4.79 Å². The van der Waals surface area contributed by atoms with Crippen molar-refractivity contribution in [3.63, 3.8) is 0 Å². The Morgan fingerprint density at radius 2 is 1.89 bits per heavy atom. The summed E-state index contributed by atoms with van der Waals surface area (Å²) in [6.07, 6.45) is 5.32. The van der Waals surface area contributed by atoms with Gasteiger partial charge in [-0.05, 0) is 42.0 Å². The highest BCUT2D eigenvalue weighted by molar-refractivity contribution is 5.98. The smallest absolute Gasteiger partial charge is 0.224 e. The monoisotopic (exact) mass is 493 g/mol. The molecule has 0 saturated carbocycles. The van der Waals surface area contributed by atoms with Crippen molar-refractivity contribution >= 4 is 33.5 Å². The number of hydrogen-bond acceptors (Lipinski definition) is 6. The third-order valence-corrected chi connectivity index (χ3v) is 6.02. The fraction of sp³-hybridized carbons (Fsp3) is 0.0741. The van der Waals surface area contributed by atoms with Gasteiger partial charge in [-0.2, -0.15) is 5.10 Å². The van der Waals surface area contributed by atoms with E-state index >= 15 is 0 Å². The van der Waals surface area contributed by atoms with E-state index in [9.17, 15) is 14.3 Å². The van der Waals surface area contributed by atoms with Gasteiger partial charge in [0.05, 0.1) is 28.6 Å². The molecule has 0 aliphatic carbocycles. The number of aromatic amines is 2. The molecule has 6 aromatic rings. The van der Waals surface area contributed by atoms with Crippen LogP contribution >= 0.6 is 0 Å². The minimum Gasteiger partial charge on any atom is -0.508 e. The molecule has 4 heterocycles. The molecule has 2 aromatic carbocycles. The number of carbonyl (C=O) groups is 1. The van der Waals surface area contributed by atoms with Gasteiger partial charge in [0.2, 0.25) is 5.91 Å². The summed E-state index contributed by atoms with van der Waals surface area (Å²) in [6, 6.07) is 13.3. The molecule has 0 fully saturated rings. The minimum atomic E-state index is -0.566. The molecule has 0 saturated heterocycles. The van der Waals surface area contributed by atoms with Crippen LogP contribution < -0.4 is 5.32 Å². The summed E-state index contributed by atoms with van der Waals surface area (Å²) in [7, 11) is 0. The van der Waals surface area contributed by atoms with Crippen LogP contribution in [0.5, 0.6) is 5.75 Å². The molecule has 0 radical (unpaired) electrons. The molecule has 0 spiro atoms. The summed E-state index contributed by atoms with van der Waals surface area (Å²) >= 11 is 0. The molecule has 9 nitrogen and oxygen atoms in total. The number of pyridine rings is 2. The molecule has 4 N–H and O–H groups in total. The van der Waals surface area contributed by atoms with Crippen LogP contribution in [0.25, 0.3) is 55.8 Å². The maximum Gasteiger partial charge on any atom is 0.224 e. The molecule has 1 amide bonds. The molecule has 37 heavy (non-hydrogen) atoms. The first-order valence-corrected chi connectivity index (χ1v) is 11.6. The number of nitrogens with zero attached hydrogens (tertiary/aromatic N) is 4. The Hall–Kier alpha value is -5.12. The number of anilines is 1. The highest BCUT2D eigenvalue weighted by Crippen LogP contribution is 2.33. The first-order valence-electron chi connectivity index (χ1n) is 11.6. The standard InChI is InChI=1S/C27H20FN7O2/c1-2-23(37)31-18-8-16(12-29-13-18)14-3-4-21-20(10-14)25(35-34-21)27-32-22-5-6-30-24(26(22)33-27)15-7-17(28)11-19(36)9-15/h3-13,36H,2H2,1H3,(H,31,37)(H,32,33)(H,34,35). The zero-order valence-electron chi connectivity index (χ0n) is 19.6. The van der Waals surface area contributed by atoms with Gasteiger partial charge in [-0.15, -0.1) is 0 Å². The second kappa shape index (κ2) is 8.83. The average molecular weight is 494 g/mol. The third kappa shape index (κ3) is 4.14. The van der Waals surface area contributed by atoms with Gasteiger partial charge in [-0.1, -0.05) is 13.0 Å². The lowest BCUT2D eigenvalue weighted by atomic mass is 10.0. The minimum absolute atomic E-state index is 0.0845. The van der Waals surface area contributed by atoms with E-state index < -0.39 is 5.82 Å². The topological polar surface area (TPSA) is 132 Å². The highest BCUT2D eigenvalue weighted by Gasteiger charge is 2.17. The van der Waals surface area contributed by atoms with Gasteiger partial charge >= 0.3 is 0 Å². The summed E-state index contributed by atoms with van der Waals surface area (Å²) in [6.45, 7) is 1.79. The largest absolute Gasteiger partial charge is 0.508 e. The molecular weight excluding hydrogens is 473 g/mol. The number of rotatable bonds is 5. The molecule has 182 valence electrons. The number of amides is 1. The van der Waals surface area contributed by atoms with E-state index in [1.54, 1.807) is 31.6 Å². The fourth-order valence-corrected chi connectivity index (χ4v) is 4.26. The van der Waals surface area contributed by atoms with Crippen molar-refractivity contribution in [1.29, 1.82) is 0 Å². The molecule has 4 aromatic heterocycles. The molecule has 0 aliphatic rings. The molecular formula is C27H20FN7O2. The number of aromatic nitrogens is 6. The zero-order valence-corrected chi connectivity index (χ0v) is 19.6. The van der Waals surface area contributed by atoms with Crippen molar-refractivity contribution in [3.8, 4) is 39.7 Å². The summed E-state index contributed by atoms with van der Waals surface area (Å²) in [5.41, 5.74) is 5.84. The lowest BCUT2D eigenvalue weighted by Crippen LogP contribution is -2.09.